The van der Waals surface area contributed by atoms with E-state index in [0.717, 1.165) is 24.8 Å². The molecule has 0 spiro atoms. The lowest BCUT2D eigenvalue weighted by Crippen LogP contribution is -2.43. The van der Waals surface area contributed by atoms with Crippen molar-refractivity contribution in [2.24, 2.45) is 5.41 Å². The predicted molar refractivity (Wildman–Crippen MR) is 71.3 cm³/mol. The summed E-state index contributed by atoms with van der Waals surface area (Å²) < 4.78 is 18.0. The molecule has 0 aliphatic carbocycles. The second-order valence-corrected chi connectivity index (χ2v) is 5.31. The summed E-state index contributed by atoms with van der Waals surface area (Å²) >= 11 is 0. The zero-order valence-corrected chi connectivity index (χ0v) is 11.2. The first-order chi connectivity index (χ1) is 9.10. The molecule has 1 fully saturated rings. The largest absolute Gasteiger partial charge is 0.381 e. The van der Waals surface area contributed by atoms with Gasteiger partial charge in [-0.2, -0.15) is 0 Å². The highest BCUT2D eigenvalue weighted by Gasteiger charge is 2.34. The molecule has 0 aromatic heterocycles. The van der Waals surface area contributed by atoms with E-state index in [1.165, 1.54) is 12.1 Å². The van der Waals surface area contributed by atoms with Crippen molar-refractivity contribution < 1.29 is 13.9 Å². The third-order valence-corrected chi connectivity index (χ3v) is 3.76. The first kappa shape index (κ1) is 14.0. The quantitative estimate of drug-likeness (QED) is 0.907. The van der Waals surface area contributed by atoms with Gasteiger partial charge in [-0.1, -0.05) is 19.1 Å². The summed E-state index contributed by atoms with van der Waals surface area (Å²) in [6.07, 6.45) is 2.27. The van der Waals surface area contributed by atoms with E-state index in [1.54, 1.807) is 12.1 Å². The molecule has 1 amide bonds. The molecule has 0 saturated carbocycles. The van der Waals surface area contributed by atoms with Gasteiger partial charge in [-0.15, -0.1) is 0 Å². The van der Waals surface area contributed by atoms with Crippen LogP contribution < -0.4 is 5.32 Å². The second-order valence-electron chi connectivity index (χ2n) is 5.31. The summed E-state index contributed by atoms with van der Waals surface area (Å²) in [6, 6.07) is 6.38. The minimum Gasteiger partial charge on any atom is -0.381 e. The standard InChI is InChI=1S/C15H20FNO2/c1-15(7-10-19-11-8-15)14(18)17-9-6-12-2-4-13(16)5-3-12/h2-5H,6-11H2,1H3,(H,17,18). The lowest BCUT2D eigenvalue weighted by Gasteiger charge is -2.31. The highest BCUT2D eigenvalue weighted by Crippen LogP contribution is 2.29. The Bertz CT molecular complexity index is 424. The van der Waals surface area contributed by atoms with E-state index < -0.39 is 0 Å². The molecule has 0 unspecified atom stereocenters. The monoisotopic (exact) mass is 265 g/mol. The van der Waals surface area contributed by atoms with Crippen molar-refractivity contribution in [1.29, 1.82) is 0 Å². The molecule has 104 valence electrons. The molecule has 0 atom stereocenters. The van der Waals surface area contributed by atoms with Crippen LogP contribution in [-0.4, -0.2) is 25.7 Å². The molecular formula is C15H20FNO2. The van der Waals surface area contributed by atoms with Gasteiger partial charge >= 0.3 is 0 Å². The zero-order valence-electron chi connectivity index (χ0n) is 11.2. The Morgan fingerprint density at radius 3 is 2.58 bits per heavy atom. The van der Waals surface area contributed by atoms with Crippen molar-refractivity contribution in [2.75, 3.05) is 19.8 Å². The number of ether oxygens (including phenoxy) is 1. The van der Waals surface area contributed by atoms with Crippen LogP contribution in [0.4, 0.5) is 4.39 Å². The predicted octanol–water partition coefficient (Wildman–Crippen LogP) is 2.30. The number of halogens is 1. The molecule has 0 radical (unpaired) electrons. The normalized spacial score (nSPS) is 18.0. The zero-order chi connectivity index (χ0) is 13.7. The van der Waals surface area contributed by atoms with Gasteiger partial charge in [0.1, 0.15) is 5.82 Å². The van der Waals surface area contributed by atoms with Gasteiger partial charge in [0.15, 0.2) is 0 Å². The fraction of sp³-hybridized carbons (Fsp3) is 0.533. The van der Waals surface area contributed by atoms with Gasteiger partial charge in [0.2, 0.25) is 5.91 Å². The number of benzene rings is 1. The van der Waals surface area contributed by atoms with E-state index >= 15 is 0 Å². The van der Waals surface area contributed by atoms with Crippen LogP contribution >= 0.6 is 0 Å². The van der Waals surface area contributed by atoms with E-state index in [-0.39, 0.29) is 17.1 Å². The van der Waals surface area contributed by atoms with Gasteiger partial charge in [0, 0.05) is 19.8 Å². The summed E-state index contributed by atoms with van der Waals surface area (Å²) in [7, 11) is 0. The number of nitrogens with one attached hydrogen (secondary N) is 1. The van der Waals surface area contributed by atoms with E-state index in [4.69, 9.17) is 4.74 Å². The Morgan fingerprint density at radius 1 is 1.32 bits per heavy atom. The topological polar surface area (TPSA) is 38.3 Å². The summed E-state index contributed by atoms with van der Waals surface area (Å²) in [5, 5.41) is 2.97. The lowest BCUT2D eigenvalue weighted by molar-refractivity contribution is -0.135. The van der Waals surface area contributed by atoms with Crippen LogP contribution in [0, 0.1) is 11.2 Å². The van der Waals surface area contributed by atoms with Gasteiger partial charge in [0.05, 0.1) is 5.41 Å². The SMILES string of the molecule is CC1(C(=O)NCCc2ccc(F)cc2)CCOCC1. The summed E-state index contributed by atoms with van der Waals surface area (Å²) in [4.78, 5) is 12.1. The summed E-state index contributed by atoms with van der Waals surface area (Å²) in [6.45, 7) is 3.88. The van der Waals surface area contributed by atoms with Crippen LogP contribution in [-0.2, 0) is 16.0 Å². The molecule has 4 heteroatoms. The molecule has 19 heavy (non-hydrogen) atoms. The Kier molecular flexibility index (Phi) is 4.53. The first-order valence-corrected chi connectivity index (χ1v) is 6.71. The minimum absolute atomic E-state index is 0.0953. The van der Waals surface area contributed by atoms with Crippen LogP contribution in [0.25, 0.3) is 0 Å². The molecule has 1 aliphatic heterocycles. The average molecular weight is 265 g/mol. The smallest absolute Gasteiger partial charge is 0.226 e. The van der Waals surface area contributed by atoms with Gasteiger partial charge in [-0.05, 0) is 37.0 Å². The van der Waals surface area contributed by atoms with E-state index in [9.17, 15) is 9.18 Å². The molecule has 1 aliphatic rings. The van der Waals surface area contributed by atoms with Crippen LogP contribution in [0.15, 0.2) is 24.3 Å². The Balaban J connectivity index is 1.78. The maximum absolute atomic E-state index is 12.7. The van der Waals surface area contributed by atoms with Crippen LogP contribution in [0.5, 0.6) is 0 Å². The van der Waals surface area contributed by atoms with Gasteiger partial charge in [-0.25, -0.2) is 4.39 Å². The maximum atomic E-state index is 12.7. The highest BCUT2D eigenvalue weighted by atomic mass is 19.1. The Hall–Kier alpha value is -1.42. The summed E-state index contributed by atoms with van der Waals surface area (Å²) in [5.74, 6) is -0.139. The summed E-state index contributed by atoms with van der Waals surface area (Å²) in [5.41, 5.74) is 0.722. The number of amides is 1. The van der Waals surface area contributed by atoms with Crippen molar-refractivity contribution in [3.8, 4) is 0 Å². The fourth-order valence-electron chi connectivity index (χ4n) is 2.23. The molecule has 1 aromatic carbocycles. The Morgan fingerprint density at radius 2 is 1.95 bits per heavy atom. The number of hydrogen-bond donors (Lipinski definition) is 1. The van der Waals surface area contributed by atoms with Gasteiger partial charge in [0.25, 0.3) is 0 Å². The highest BCUT2D eigenvalue weighted by molar-refractivity contribution is 5.82. The third-order valence-electron chi connectivity index (χ3n) is 3.76. The van der Waals surface area contributed by atoms with Crippen molar-refractivity contribution in [3.05, 3.63) is 35.6 Å². The molecule has 2 rings (SSSR count). The average Bonchev–Trinajstić information content (AvgIpc) is 2.42. The van der Waals surface area contributed by atoms with E-state index in [2.05, 4.69) is 5.32 Å². The fourth-order valence-corrected chi connectivity index (χ4v) is 2.23. The molecule has 1 heterocycles. The van der Waals surface area contributed by atoms with Crippen LogP contribution in [0.1, 0.15) is 25.3 Å². The Labute approximate surface area is 113 Å². The maximum Gasteiger partial charge on any atom is 0.226 e. The lowest BCUT2D eigenvalue weighted by atomic mass is 9.81. The van der Waals surface area contributed by atoms with Gasteiger partial charge < -0.3 is 10.1 Å². The van der Waals surface area contributed by atoms with Crippen molar-refractivity contribution >= 4 is 5.91 Å². The molecule has 0 bridgehead atoms. The van der Waals surface area contributed by atoms with Crippen molar-refractivity contribution in [1.82, 2.24) is 5.32 Å². The molecule has 3 nitrogen and oxygen atoms in total. The first-order valence-electron chi connectivity index (χ1n) is 6.71. The molecular weight excluding hydrogens is 245 g/mol. The number of carbonyl (C=O) groups excluding carboxylic acids is 1. The van der Waals surface area contributed by atoms with Crippen LogP contribution in [0.2, 0.25) is 0 Å². The van der Waals surface area contributed by atoms with E-state index in [1.807, 2.05) is 6.92 Å². The van der Waals surface area contributed by atoms with E-state index in [0.29, 0.717) is 19.8 Å². The van der Waals surface area contributed by atoms with Crippen molar-refractivity contribution in [2.45, 2.75) is 26.2 Å². The minimum atomic E-state index is -0.305. The number of rotatable bonds is 4. The van der Waals surface area contributed by atoms with Crippen LogP contribution in [0.3, 0.4) is 0 Å². The number of carbonyl (C=O) groups is 1. The number of hydrogen-bond acceptors (Lipinski definition) is 2. The second kappa shape index (κ2) is 6.15. The third kappa shape index (κ3) is 3.77. The molecule has 1 N–H and O–H groups in total. The van der Waals surface area contributed by atoms with Gasteiger partial charge in [-0.3, -0.25) is 4.79 Å². The molecule has 1 aromatic rings. The van der Waals surface area contributed by atoms with Crippen molar-refractivity contribution in [3.63, 3.8) is 0 Å². The molecule has 1 saturated heterocycles.